The van der Waals surface area contributed by atoms with Crippen molar-refractivity contribution in [3.8, 4) is 11.1 Å². The van der Waals surface area contributed by atoms with Crippen molar-refractivity contribution in [2.75, 3.05) is 0 Å². The van der Waals surface area contributed by atoms with Crippen molar-refractivity contribution in [3.05, 3.63) is 78.5 Å². The van der Waals surface area contributed by atoms with Gasteiger partial charge >= 0.3 is 0 Å². The van der Waals surface area contributed by atoms with E-state index in [-0.39, 0.29) is 0 Å². The maximum absolute atomic E-state index is 5.97. The van der Waals surface area contributed by atoms with Crippen LogP contribution in [0.2, 0.25) is 0 Å². The maximum atomic E-state index is 5.97. The van der Waals surface area contributed by atoms with Crippen LogP contribution in [-0.2, 0) is 0 Å². The van der Waals surface area contributed by atoms with Crippen LogP contribution in [0.4, 0.5) is 0 Å². The molecule has 0 unspecified atom stereocenters. The zero-order valence-electron chi connectivity index (χ0n) is 12.6. The molecule has 112 valence electrons. The monoisotopic (exact) mass is 299 g/mol. The van der Waals surface area contributed by atoms with E-state index in [2.05, 4.69) is 35.3 Å². The first-order valence-electron chi connectivity index (χ1n) is 7.62. The molecule has 4 rings (SSSR count). The van der Waals surface area contributed by atoms with Crippen LogP contribution in [0.5, 0.6) is 0 Å². The number of aromatic nitrogens is 1. The van der Waals surface area contributed by atoms with Crippen molar-refractivity contribution < 1.29 is 0 Å². The van der Waals surface area contributed by atoms with E-state index in [4.69, 9.17) is 11.5 Å². The molecular formula is C20H17N3. The van der Waals surface area contributed by atoms with E-state index >= 15 is 0 Å². The fourth-order valence-corrected chi connectivity index (χ4v) is 3.16. The summed E-state index contributed by atoms with van der Waals surface area (Å²) in [5.74, 6) is 0. The predicted octanol–water partition coefficient (Wildman–Crippen LogP) is 3.97. The highest BCUT2D eigenvalue weighted by atomic mass is 14.8. The van der Waals surface area contributed by atoms with Gasteiger partial charge in [-0.05, 0) is 28.1 Å². The van der Waals surface area contributed by atoms with Crippen LogP contribution in [0.1, 0.15) is 11.7 Å². The van der Waals surface area contributed by atoms with E-state index < -0.39 is 6.17 Å². The Bertz CT molecular complexity index is 1010. The number of nitrogens with two attached hydrogens (primary N) is 2. The third-order valence-electron chi connectivity index (χ3n) is 4.23. The van der Waals surface area contributed by atoms with Gasteiger partial charge in [-0.1, -0.05) is 60.7 Å². The molecule has 0 amide bonds. The Kier molecular flexibility index (Phi) is 3.30. The molecule has 23 heavy (non-hydrogen) atoms. The van der Waals surface area contributed by atoms with Crippen molar-refractivity contribution in [1.82, 2.24) is 4.98 Å². The molecule has 0 atom stereocenters. The molecule has 4 N–H and O–H groups in total. The molecule has 3 heteroatoms. The van der Waals surface area contributed by atoms with Gasteiger partial charge in [0.15, 0.2) is 0 Å². The Morgan fingerprint density at radius 1 is 0.739 bits per heavy atom. The minimum Gasteiger partial charge on any atom is -0.312 e. The van der Waals surface area contributed by atoms with E-state index in [9.17, 15) is 0 Å². The van der Waals surface area contributed by atoms with Gasteiger partial charge < -0.3 is 11.5 Å². The second-order valence-electron chi connectivity index (χ2n) is 5.66. The lowest BCUT2D eigenvalue weighted by Gasteiger charge is -2.15. The Morgan fingerprint density at radius 2 is 1.48 bits per heavy atom. The number of hydrogen-bond donors (Lipinski definition) is 2. The normalized spacial score (nSPS) is 11.4. The maximum Gasteiger partial charge on any atom is 0.0790 e. The Balaban J connectivity index is 2.15. The summed E-state index contributed by atoms with van der Waals surface area (Å²) in [7, 11) is 0. The molecule has 0 fully saturated rings. The number of fused-ring (bicyclic) bond motifs is 3. The highest BCUT2D eigenvalue weighted by molar-refractivity contribution is 6.12. The quantitative estimate of drug-likeness (QED) is 0.435. The number of pyridine rings is 1. The number of benzene rings is 3. The summed E-state index contributed by atoms with van der Waals surface area (Å²) in [6.45, 7) is 0. The van der Waals surface area contributed by atoms with Crippen LogP contribution in [0.25, 0.3) is 32.8 Å². The molecule has 3 aromatic carbocycles. The van der Waals surface area contributed by atoms with Gasteiger partial charge in [0.2, 0.25) is 0 Å². The zero-order valence-corrected chi connectivity index (χ0v) is 12.6. The van der Waals surface area contributed by atoms with E-state index in [0.29, 0.717) is 0 Å². The Morgan fingerprint density at radius 3 is 2.35 bits per heavy atom. The lowest BCUT2D eigenvalue weighted by molar-refractivity contribution is 0.776. The molecule has 0 saturated heterocycles. The van der Waals surface area contributed by atoms with Crippen molar-refractivity contribution in [2.24, 2.45) is 11.5 Å². The summed E-state index contributed by atoms with van der Waals surface area (Å²) >= 11 is 0. The third-order valence-corrected chi connectivity index (χ3v) is 4.23. The highest BCUT2D eigenvalue weighted by Gasteiger charge is 2.13. The summed E-state index contributed by atoms with van der Waals surface area (Å²) in [6, 6.07) is 22.5. The third kappa shape index (κ3) is 2.27. The van der Waals surface area contributed by atoms with Crippen LogP contribution < -0.4 is 11.5 Å². The molecule has 1 heterocycles. The number of rotatable bonds is 2. The lowest BCUT2D eigenvalue weighted by atomic mass is 9.93. The average Bonchev–Trinajstić information content (AvgIpc) is 2.61. The number of hydrogen-bond acceptors (Lipinski definition) is 3. The molecule has 0 bridgehead atoms. The van der Waals surface area contributed by atoms with Crippen LogP contribution in [-0.4, -0.2) is 4.98 Å². The van der Waals surface area contributed by atoms with E-state index in [1.807, 2.05) is 42.6 Å². The fraction of sp³-hybridized carbons (Fsp3) is 0.0500. The zero-order chi connectivity index (χ0) is 15.8. The molecular weight excluding hydrogens is 282 g/mol. The molecule has 0 radical (unpaired) electrons. The SMILES string of the molecule is NC(N)c1ccccc1-c1cccc2ncc3ccccc3c12. The highest BCUT2D eigenvalue weighted by Crippen LogP contribution is 2.35. The first-order chi connectivity index (χ1) is 11.3. The van der Waals surface area contributed by atoms with Gasteiger partial charge in [0, 0.05) is 17.0 Å². The topological polar surface area (TPSA) is 64.9 Å². The standard InChI is InChI=1S/C20H17N3/c21-20(22)17-9-4-3-8-15(17)16-10-5-11-18-19(16)14-7-2-1-6-13(14)12-23-18/h1-12,20H,21-22H2. The smallest absolute Gasteiger partial charge is 0.0790 e. The van der Waals surface area contributed by atoms with Crippen LogP contribution in [0.15, 0.2) is 72.9 Å². The Labute approximate surface area is 134 Å². The Hall–Kier alpha value is -2.75. The van der Waals surface area contributed by atoms with Crippen LogP contribution in [0, 0.1) is 0 Å². The second kappa shape index (κ2) is 5.47. The molecule has 0 spiro atoms. The molecule has 0 aliphatic rings. The molecule has 4 aromatic rings. The minimum absolute atomic E-state index is 0.510. The van der Waals surface area contributed by atoms with Crippen molar-refractivity contribution >= 4 is 21.7 Å². The average molecular weight is 299 g/mol. The van der Waals surface area contributed by atoms with Gasteiger partial charge in [-0.3, -0.25) is 4.98 Å². The second-order valence-corrected chi connectivity index (χ2v) is 5.66. The number of nitrogens with zero attached hydrogens (tertiary/aromatic N) is 1. The summed E-state index contributed by atoms with van der Waals surface area (Å²) in [6.07, 6.45) is 1.41. The van der Waals surface area contributed by atoms with Crippen molar-refractivity contribution in [1.29, 1.82) is 0 Å². The predicted molar refractivity (Wildman–Crippen MR) is 95.8 cm³/mol. The van der Waals surface area contributed by atoms with E-state index in [0.717, 1.165) is 33.0 Å². The van der Waals surface area contributed by atoms with Gasteiger partial charge in [0.1, 0.15) is 0 Å². The lowest BCUT2D eigenvalue weighted by Crippen LogP contribution is -2.20. The summed E-state index contributed by atoms with van der Waals surface area (Å²) < 4.78 is 0. The van der Waals surface area contributed by atoms with Crippen LogP contribution in [0.3, 0.4) is 0 Å². The minimum atomic E-state index is -0.510. The van der Waals surface area contributed by atoms with Crippen LogP contribution >= 0.6 is 0 Å². The van der Waals surface area contributed by atoms with Crippen molar-refractivity contribution in [2.45, 2.75) is 6.17 Å². The summed E-state index contributed by atoms with van der Waals surface area (Å²) in [5.41, 5.74) is 16.0. The van der Waals surface area contributed by atoms with E-state index in [1.54, 1.807) is 0 Å². The molecule has 1 aromatic heterocycles. The fourth-order valence-electron chi connectivity index (χ4n) is 3.16. The van der Waals surface area contributed by atoms with Crippen molar-refractivity contribution in [3.63, 3.8) is 0 Å². The summed E-state index contributed by atoms with van der Waals surface area (Å²) in [5, 5.41) is 3.45. The van der Waals surface area contributed by atoms with Gasteiger partial charge in [-0.25, -0.2) is 0 Å². The van der Waals surface area contributed by atoms with Gasteiger partial charge in [0.05, 0.1) is 11.7 Å². The molecule has 0 aliphatic carbocycles. The first kappa shape index (κ1) is 13.9. The molecule has 0 aliphatic heterocycles. The molecule has 0 saturated carbocycles. The van der Waals surface area contributed by atoms with E-state index in [1.165, 1.54) is 5.39 Å². The summed E-state index contributed by atoms with van der Waals surface area (Å²) in [4.78, 5) is 4.61. The van der Waals surface area contributed by atoms with Gasteiger partial charge in [-0.2, -0.15) is 0 Å². The first-order valence-corrected chi connectivity index (χ1v) is 7.62. The molecule has 3 nitrogen and oxygen atoms in total. The largest absolute Gasteiger partial charge is 0.312 e. The van der Waals surface area contributed by atoms with Gasteiger partial charge in [0.25, 0.3) is 0 Å². The van der Waals surface area contributed by atoms with Gasteiger partial charge in [-0.15, -0.1) is 0 Å².